The summed E-state index contributed by atoms with van der Waals surface area (Å²) in [6.07, 6.45) is 5.12. The van der Waals surface area contributed by atoms with Crippen molar-refractivity contribution in [3.8, 4) is 11.8 Å². The lowest BCUT2D eigenvalue weighted by molar-refractivity contribution is 0.232. The molecule has 2 fully saturated rings. The van der Waals surface area contributed by atoms with Crippen LogP contribution in [0.2, 0.25) is 0 Å². The first-order valence-electron chi connectivity index (χ1n) is 11.7. The zero-order valence-electron chi connectivity index (χ0n) is 19.5. The number of sulfonamides is 1. The van der Waals surface area contributed by atoms with Crippen LogP contribution in [0.15, 0.2) is 53.4 Å². The molecule has 2 aromatic rings. The van der Waals surface area contributed by atoms with Crippen molar-refractivity contribution in [1.29, 1.82) is 5.26 Å². The van der Waals surface area contributed by atoms with E-state index in [1.54, 1.807) is 23.5 Å². The van der Waals surface area contributed by atoms with Crippen LogP contribution in [-0.2, 0) is 15.4 Å². The van der Waals surface area contributed by atoms with Crippen molar-refractivity contribution in [3.05, 3.63) is 59.7 Å². The summed E-state index contributed by atoms with van der Waals surface area (Å²) < 4.78 is 32.9. The lowest BCUT2D eigenvalue weighted by Gasteiger charge is -2.39. The van der Waals surface area contributed by atoms with Gasteiger partial charge in [-0.05, 0) is 75.3 Å². The summed E-state index contributed by atoms with van der Waals surface area (Å²) in [6, 6.07) is 18.2. The number of rotatable bonds is 6. The summed E-state index contributed by atoms with van der Waals surface area (Å²) in [5.74, 6) is 0.787. The maximum atomic E-state index is 12.9. The number of aryl methyl sites for hydroxylation is 1. The average Bonchev–Trinajstić information content (AvgIpc) is 2.85. The molecule has 0 atom stereocenters. The Hall–Kier alpha value is -2.40. The molecule has 4 rings (SSSR count). The maximum Gasteiger partial charge on any atom is 0.243 e. The number of hydrogen-bond acceptors (Lipinski definition) is 5. The molecule has 176 valence electrons. The smallest absolute Gasteiger partial charge is 0.243 e. The van der Waals surface area contributed by atoms with Crippen LogP contribution in [0.25, 0.3) is 0 Å². The minimum Gasteiger partial charge on any atom is -0.497 e. The standard InChI is InChI=1S/C26H33N3O3S/c1-20-6-8-25(9-7-20)33(30,31)29-16-12-23(13-17-29)28-22-10-14-26(19-27,15-11-22)21-4-3-5-24(18-21)32-2/h3-9,18,22-23,28H,10-17H2,1-2H3/t22-,26-. The van der Waals surface area contributed by atoms with Crippen LogP contribution < -0.4 is 10.1 Å². The van der Waals surface area contributed by atoms with Crippen molar-refractivity contribution in [2.24, 2.45) is 0 Å². The van der Waals surface area contributed by atoms with E-state index in [2.05, 4.69) is 11.4 Å². The van der Waals surface area contributed by atoms with Gasteiger partial charge >= 0.3 is 0 Å². The lowest BCUT2D eigenvalue weighted by atomic mass is 9.69. The molecule has 1 aliphatic carbocycles. The van der Waals surface area contributed by atoms with Crippen LogP contribution in [0.4, 0.5) is 0 Å². The second-order valence-electron chi connectivity index (χ2n) is 9.36. The summed E-state index contributed by atoms with van der Waals surface area (Å²) in [4.78, 5) is 0.372. The lowest BCUT2D eigenvalue weighted by Crippen LogP contribution is -2.49. The molecule has 33 heavy (non-hydrogen) atoms. The number of piperidine rings is 1. The van der Waals surface area contributed by atoms with Gasteiger partial charge in [-0.25, -0.2) is 8.42 Å². The first kappa shape index (κ1) is 23.7. The number of ether oxygens (including phenoxy) is 1. The fourth-order valence-electron chi connectivity index (χ4n) is 5.12. The number of nitrogens with zero attached hydrogens (tertiary/aromatic N) is 2. The van der Waals surface area contributed by atoms with Crippen molar-refractivity contribution in [2.45, 2.75) is 67.8 Å². The van der Waals surface area contributed by atoms with Gasteiger partial charge in [0.25, 0.3) is 0 Å². The Morgan fingerprint density at radius 3 is 2.27 bits per heavy atom. The third kappa shape index (κ3) is 5.08. The van der Waals surface area contributed by atoms with Gasteiger partial charge in [0.1, 0.15) is 5.75 Å². The van der Waals surface area contributed by atoms with E-state index < -0.39 is 15.4 Å². The van der Waals surface area contributed by atoms with E-state index in [0.29, 0.717) is 30.1 Å². The summed E-state index contributed by atoms with van der Waals surface area (Å²) >= 11 is 0. The van der Waals surface area contributed by atoms with E-state index in [9.17, 15) is 13.7 Å². The van der Waals surface area contributed by atoms with Crippen LogP contribution in [0.1, 0.15) is 49.7 Å². The zero-order valence-corrected chi connectivity index (χ0v) is 20.3. The molecule has 1 saturated heterocycles. The van der Waals surface area contributed by atoms with Crippen molar-refractivity contribution in [1.82, 2.24) is 9.62 Å². The molecule has 0 radical (unpaired) electrons. The zero-order chi connectivity index (χ0) is 23.5. The first-order valence-corrected chi connectivity index (χ1v) is 13.2. The highest BCUT2D eigenvalue weighted by Gasteiger charge is 2.38. The van der Waals surface area contributed by atoms with Crippen molar-refractivity contribution < 1.29 is 13.2 Å². The molecule has 1 aliphatic heterocycles. The molecule has 0 unspecified atom stereocenters. The van der Waals surface area contributed by atoms with Gasteiger partial charge in [0.15, 0.2) is 0 Å². The predicted molar refractivity (Wildman–Crippen MR) is 129 cm³/mol. The van der Waals surface area contributed by atoms with E-state index in [1.165, 1.54) is 0 Å². The van der Waals surface area contributed by atoms with Crippen molar-refractivity contribution >= 4 is 10.0 Å². The van der Waals surface area contributed by atoms with E-state index in [4.69, 9.17) is 4.74 Å². The molecule has 1 heterocycles. The number of nitrogens with one attached hydrogen (secondary N) is 1. The normalized spacial score (nSPS) is 24.8. The molecule has 1 saturated carbocycles. The Balaban J connectivity index is 1.31. The summed E-state index contributed by atoms with van der Waals surface area (Å²) in [7, 11) is -1.78. The maximum absolute atomic E-state index is 12.9. The van der Waals surface area contributed by atoms with Crippen LogP contribution in [-0.4, -0.2) is 45.0 Å². The summed E-state index contributed by atoms with van der Waals surface area (Å²) in [6.45, 7) is 3.02. The highest BCUT2D eigenvalue weighted by Crippen LogP contribution is 2.40. The fourth-order valence-corrected chi connectivity index (χ4v) is 6.59. The second-order valence-corrected chi connectivity index (χ2v) is 11.3. The highest BCUT2D eigenvalue weighted by molar-refractivity contribution is 7.89. The first-order chi connectivity index (χ1) is 15.9. The molecule has 2 aromatic carbocycles. The highest BCUT2D eigenvalue weighted by atomic mass is 32.2. The Labute approximate surface area is 197 Å². The topological polar surface area (TPSA) is 82.4 Å². The minimum absolute atomic E-state index is 0.311. The second kappa shape index (κ2) is 9.84. The van der Waals surface area contributed by atoms with E-state index >= 15 is 0 Å². The van der Waals surface area contributed by atoms with Gasteiger partial charge in [-0.2, -0.15) is 9.57 Å². The van der Waals surface area contributed by atoms with E-state index in [-0.39, 0.29) is 0 Å². The quantitative estimate of drug-likeness (QED) is 0.690. The van der Waals surface area contributed by atoms with Gasteiger partial charge in [-0.15, -0.1) is 0 Å². The number of nitriles is 1. The van der Waals surface area contributed by atoms with Crippen LogP contribution in [0, 0.1) is 18.3 Å². The SMILES string of the molecule is COc1cccc([C@]2(C#N)CC[C@@H](NC3CCN(S(=O)(=O)c4ccc(C)cc4)CC3)CC2)c1. The largest absolute Gasteiger partial charge is 0.497 e. The molecular formula is C26H33N3O3S. The molecule has 0 amide bonds. The minimum atomic E-state index is -3.43. The van der Waals surface area contributed by atoms with Crippen LogP contribution >= 0.6 is 0 Å². The monoisotopic (exact) mass is 467 g/mol. The number of benzene rings is 2. The van der Waals surface area contributed by atoms with Crippen LogP contribution in [0.3, 0.4) is 0 Å². The van der Waals surface area contributed by atoms with Gasteiger partial charge in [-0.1, -0.05) is 29.8 Å². The molecule has 0 spiro atoms. The molecule has 7 heteroatoms. The molecule has 0 aromatic heterocycles. The number of hydrogen-bond donors (Lipinski definition) is 1. The molecule has 2 aliphatic rings. The van der Waals surface area contributed by atoms with Gasteiger partial charge < -0.3 is 10.1 Å². The average molecular weight is 468 g/mol. The van der Waals surface area contributed by atoms with E-state index in [1.807, 2.05) is 43.3 Å². The van der Waals surface area contributed by atoms with Gasteiger partial charge in [0.05, 0.1) is 23.5 Å². The fraction of sp³-hybridized carbons (Fsp3) is 0.500. The summed E-state index contributed by atoms with van der Waals surface area (Å²) in [5.41, 5.74) is 1.63. The van der Waals surface area contributed by atoms with Gasteiger partial charge in [-0.3, -0.25) is 0 Å². The number of methoxy groups -OCH3 is 1. The Kier molecular flexibility index (Phi) is 7.08. The Morgan fingerprint density at radius 2 is 1.67 bits per heavy atom. The molecular weight excluding hydrogens is 434 g/mol. The van der Waals surface area contributed by atoms with Crippen LogP contribution in [0.5, 0.6) is 5.75 Å². The van der Waals surface area contributed by atoms with Gasteiger partial charge in [0.2, 0.25) is 10.0 Å². The van der Waals surface area contributed by atoms with Crippen molar-refractivity contribution in [3.63, 3.8) is 0 Å². The van der Waals surface area contributed by atoms with Gasteiger partial charge in [0, 0.05) is 25.2 Å². The Bertz CT molecular complexity index is 1090. The molecule has 6 nitrogen and oxygen atoms in total. The Morgan fingerprint density at radius 1 is 1.03 bits per heavy atom. The summed E-state index contributed by atoms with van der Waals surface area (Å²) in [5, 5.41) is 13.8. The van der Waals surface area contributed by atoms with Crippen molar-refractivity contribution in [2.75, 3.05) is 20.2 Å². The predicted octanol–water partition coefficient (Wildman–Crippen LogP) is 4.15. The molecule has 1 N–H and O–H groups in total. The molecule has 0 bridgehead atoms. The third-order valence-corrected chi connectivity index (χ3v) is 9.17. The van der Waals surface area contributed by atoms with E-state index in [0.717, 1.165) is 55.4 Å². The third-order valence-electron chi connectivity index (χ3n) is 7.26.